The first-order valence-electron chi connectivity index (χ1n) is 13.6. The molecule has 0 bridgehead atoms. The summed E-state index contributed by atoms with van der Waals surface area (Å²) in [7, 11) is 1.76. The fourth-order valence-corrected chi connectivity index (χ4v) is 5.77. The monoisotopic (exact) mass is 573 g/mol. The summed E-state index contributed by atoms with van der Waals surface area (Å²) in [5, 5.41) is 20.8. The molecule has 1 aliphatic rings. The van der Waals surface area contributed by atoms with Gasteiger partial charge in [0.15, 0.2) is 5.82 Å². The zero-order valence-electron chi connectivity index (χ0n) is 22.8. The molecule has 1 aliphatic carbocycles. The number of nitrogens with zero attached hydrogens (tertiary/aromatic N) is 5. The number of aromatic nitrogens is 5. The number of aryl methyl sites for hydroxylation is 1. The number of hydrogen-bond donors (Lipinski definition) is 2. The summed E-state index contributed by atoms with van der Waals surface area (Å²) in [6.45, 7) is 0.630. The van der Waals surface area contributed by atoms with E-state index in [2.05, 4.69) is 31.6 Å². The number of rotatable bonds is 7. The van der Waals surface area contributed by atoms with Crippen molar-refractivity contribution >= 4 is 11.0 Å². The lowest BCUT2D eigenvalue weighted by Crippen LogP contribution is -2.30. The number of nitrogens with one attached hydrogen (secondary N) is 2. The largest absolute Gasteiger partial charge is 0.418 e. The molecule has 6 rings (SSSR count). The molecule has 5 aromatic rings. The van der Waals surface area contributed by atoms with Gasteiger partial charge in [-0.1, -0.05) is 37.1 Å². The molecule has 3 aromatic carbocycles. The predicted molar refractivity (Wildman–Crippen MR) is 150 cm³/mol. The highest BCUT2D eigenvalue weighted by atomic mass is 19.4. The molecule has 11 heteroatoms. The summed E-state index contributed by atoms with van der Waals surface area (Å²) in [6, 6.07) is 16.7. The van der Waals surface area contributed by atoms with Gasteiger partial charge in [0.05, 0.1) is 22.6 Å². The van der Waals surface area contributed by atoms with E-state index in [9.17, 15) is 22.8 Å². The average molecular weight is 574 g/mol. The van der Waals surface area contributed by atoms with Crippen LogP contribution in [0.15, 0.2) is 60.9 Å². The first kappa shape index (κ1) is 27.6. The molecular weight excluding hydrogens is 546 g/mol. The van der Waals surface area contributed by atoms with Crippen molar-refractivity contribution in [3.63, 3.8) is 0 Å². The first-order chi connectivity index (χ1) is 20.2. The van der Waals surface area contributed by atoms with Gasteiger partial charge in [0.25, 0.3) is 0 Å². The van der Waals surface area contributed by atoms with E-state index in [-0.39, 0.29) is 23.4 Å². The molecule has 1 fully saturated rings. The van der Waals surface area contributed by atoms with Crippen LogP contribution in [0.5, 0.6) is 0 Å². The van der Waals surface area contributed by atoms with Crippen molar-refractivity contribution < 1.29 is 17.6 Å². The molecule has 0 radical (unpaired) electrons. The Morgan fingerprint density at radius 1 is 1.05 bits per heavy atom. The lowest BCUT2D eigenvalue weighted by atomic mass is 9.88. The van der Waals surface area contributed by atoms with Gasteiger partial charge in [0.1, 0.15) is 23.5 Å². The van der Waals surface area contributed by atoms with E-state index in [4.69, 9.17) is 0 Å². The van der Waals surface area contributed by atoms with E-state index < -0.39 is 23.0 Å². The minimum absolute atomic E-state index is 0.169. The number of nitriles is 1. The number of halogens is 4. The summed E-state index contributed by atoms with van der Waals surface area (Å²) in [4.78, 5) is 7.44. The van der Waals surface area contributed by atoms with E-state index in [0.717, 1.165) is 31.7 Å². The van der Waals surface area contributed by atoms with Gasteiger partial charge < -0.3 is 14.9 Å². The molecule has 2 N–H and O–H groups in total. The van der Waals surface area contributed by atoms with Crippen LogP contribution in [0.2, 0.25) is 0 Å². The summed E-state index contributed by atoms with van der Waals surface area (Å²) in [6.07, 6.45) is 0.475. The van der Waals surface area contributed by atoms with Crippen LogP contribution in [0, 0.1) is 22.6 Å². The van der Waals surface area contributed by atoms with Crippen molar-refractivity contribution in [2.45, 2.75) is 38.4 Å². The number of fused-ring (bicyclic) bond motifs is 1. The van der Waals surface area contributed by atoms with Gasteiger partial charge in [0.2, 0.25) is 0 Å². The van der Waals surface area contributed by atoms with Crippen LogP contribution >= 0.6 is 0 Å². The molecule has 0 aliphatic heterocycles. The summed E-state index contributed by atoms with van der Waals surface area (Å²) in [5.74, 6) is 0.323. The predicted octanol–water partition coefficient (Wildman–Crippen LogP) is 7.02. The third-order valence-electron chi connectivity index (χ3n) is 7.92. The summed E-state index contributed by atoms with van der Waals surface area (Å²) < 4.78 is 58.4. The topological polar surface area (TPSA) is 95.2 Å². The van der Waals surface area contributed by atoms with Crippen LogP contribution in [0.1, 0.15) is 36.8 Å². The van der Waals surface area contributed by atoms with Crippen molar-refractivity contribution in [1.82, 2.24) is 30.0 Å². The van der Waals surface area contributed by atoms with Gasteiger partial charge in [-0.15, -0.1) is 10.2 Å². The maximum absolute atomic E-state index is 14.2. The third-order valence-corrected chi connectivity index (χ3v) is 7.92. The van der Waals surface area contributed by atoms with Crippen molar-refractivity contribution in [1.29, 1.82) is 5.26 Å². The number of H-pyrrole nitrogens is 1. The minimum atomic E-state index is -4.61. The Balaban J connectivity index is 1.35. The summed E-state index contributed by atoms with van der Waals surface area (Å²) >= 11 is 0. The Hall–Kier alpha value is -4.56. The standard InChI is InChI=1S/C31H27F4N7/c1-42-18-38-41-29(42)24-14-22(32)7-8-23(24)20-5-4-6-21(13-20)28-39-26-12-19(11-25(27(26)40-28)31(33,34)35)15-37-17-30(16-36)9-2-3-10-30/h4-8,11-14,18,37H,2-3,9-10,15,17H2,1H3,(H,39,40). The molecule has 1 saturated carbocycles. The van der Waals surface area contributed by atoms with E-state index in [1.54, 1.807) is 41.9 Å². The number of imidazole rings is 1. The summed E-state index contributed by atoms with van der Waals surface area (Å²) in [5.41, 5.74) is 1.76. The molecule has 214 valence electrons. The Kier molecular flexibility index (Phi) is 7.02. The zero-order valence-corrected chi connectivity index (χ0v) is 22.8. The second-order valence-corrected chi connectivity index (χ2v) is 10.9. The lowest BCUT2D eigenvalue weighted by molar-refractivity contribution is -0.136. The van der Waals surface area contributed by atoms with Crippen LogP contribution in [-0.4, -0.2) is 31.3 Å². The Morgan fingerprint density at radius 3 is 2.55 bits per heavy atom. The molecule has 42 heavy (non-hydrogen) atoms. The fraction of sp³-hybridized carbons (Fsp3) is 0.290. The fourth-order valence-electron chi connectivity index (χ4n) is 5.77. The number of benzene rings is 3. The molecule has 7 nitrogen and oxygen atoms in total. The van der Waals surface area contributed by atoms with Gasteiger partial charge in [-0.25, -0.2) is 9.37 Å². The van der Waals surface area contributed by atoms with Gasteiger partial charge in [0, 0.05) is 31.3 Å². The van der Waals surface area contributed by atoms with E-state index in [1.165, 1.54) is 18.5 Å². The minimum Gasteiger partial charge on any atom is -0.338 e. The average Bonchev–Trinajstić information content (AvgIpc) is 3.72. The third kappa shape index (κ3) is 5.25. The zero-order chi connectivity index (χ0) is 29.5. The van der Waals surface area contributed by atoms with E-state index in [0.29, 0.717) is 40.2 Å². The maximum atomic E-state index is 14.2. The number of alkyl halides is 3. The Bertz CT molecular complexity index is 1810. The molecule has 2 aromatic heterocycles. The van der Waals surface area contributed by atoms with Crippen LogP contribution < -0.4 is 5.32 Å². The molecular formula is C31H27F4N7. The SMILES string of the molecule is Cn1cnnc1-c1cc(F)ccc1-c1cccc(-c2nc3c(C(F)(F)F)cc(CNCC4(C#N)CCCC4)cc3[nH]2)c1. The maximum Gasteiger partial charge on any atom is 0.418 e. The van der Waals surface area contributed by atoms with E-state index in [1.807, 2.05) is 6.07 Å². The highest BCUT2D eigenvalue weighted by molar-refractivity contribution is 5.86. The molecule has 0 saturated heterocycles. The van der Waals surface area contributed by atoms with Gasteiger partial charge >= 0.3 is 6.18 Å². The van der Waals surface area contributed by atoms with Crippen LogP contribution in [0.3, 0.4) is 0 Å². The second kappa shape index (κ2) is 10.7. The quantitative estimate of drug-likeness (QED) is 0.204. The van der Waals surface area contributed by atoms with Crippen molar-refractivity contribution in [2.75, 3.05) is 6.54 Å². The molecule has 0 unspecified atom stereocenters. The van der Waals surface area contributed by atoms with Crippen LogP contribution in [0.25, 0.3) is 44.9 Å². The van der Waals surface area contributed by atoms with Crippen LogP contribution in [-0.2, 0) is 19.8 Å². The van der Waals surface area contributed by atoms with Gasteiger partial charge in [-0.05, 0) is 59.9 Å². The van der Waals surface area contributed by atoms with Crippen molar-refractivity contribution in [3.05, 3.63) is 77.9 Å². The van der Waals surface area contributed by atoms with Crippen LogP contribution in [0.4, 0.5) is 17.6 Å². The highest BCUT2D eigenvalue weighted by Crippen LogP contribution is 2.39. The lowest BCUT2D eigenvalue weighted by Gasteiger charge is -2.20. The smallest absolute Gasteiger partial charge is 0.338 e. The second-order valence-electron chi connectivity index (χ2n) is 10.9. The van der Waals surface area contributed by atoms with Crippen molar-refractivity contribution in [2.24, 2.45) is 12.5 Å². The molecule has 2 heterocycles. The normalized spacial score (nSPS) is 14.9. The number of hydrogen-bond acceptors (Lipinski definition) is 5. The molecule has 0 spiro atoms. The van der Waals surface area contributed by atoms with Gasteiger partial charge in [-0.2, -0.15) is 18.4 Å². The first-order valence-corrected chi connectivity index (χ1v) is 13.6. The molecule has 0 amide bonds. The van der Waals surface area contributed by atoms with Gasteiger partial charge in [-0.3, -0.25) is 0 Å². The van der Waals surface area contributed by atoms with Crippen molar-refractivity contribution in [3.8, 4) is 40.0 Å². The Morgan fingerprint density at radius 2 is 1.83 bits per heavy atom. The molecule has 0 atom stereocenters. The Labute approximate surface area is 239 Å². The highest BCUT2D eigenvalue weighted by Gasteiger charge is 2.35. The number of aromatic amines is 1. The van der Waals surface area contributed by atoms with E-state index >= 15 is 0 Å².